The van der Waals surface area contributed by atoms with E-state index in [1.807, 2.05) is 0 Å². The maximum atomic E-state index is 12.4. The third kappa shape index (κ3) is 3.54. The Bertz CT molecular complexity index is 980. The van der Waals surface area contributed by atoms with Gasteiger partial charge in [-0.15, -0.1) is 5.10 Å². The highest BCUT2D eigenvalue weighted by molar-refractivity contribution is 6.06. The molecule has 1 fully saturated rings. The average Bonchev–Trinajstić information content (AvgIpc) is 3.28. The minimum Gasteiger partial charge on any atom is -0.475 e. The summed E-state index contributed by atoms with van der Waals surface area (Å²) in [4.78, 5) is 20.8. The van der Waals surface area contributed by atoms with E-state index in [-0.39, 0.29) is 5.69 Å². The smallest absolute Gasteiger partial charge is 0.276 e. The molecule has 3 N–H and O–H groups in total. The van der Waals surface area contributed by atoms with Crippen LogP contribution in [0.25, 0.3) is 11.0 Å². The summed E-state index contributed by atoms with van der Waals surface area (Å²) in [6.45, 7) is 2.04. The molecule has 4 heterocycles. The Morgan fingerprint density at radius 2 is 2.37 bits per heavy atom. The molecule has 0 aliphatic carbocycles. The molecule has 1 saturated heterocycles. The Morgan fingerprint density at radius 3 is 3.15 bits per heavy atom. The van der Waals surface area contributed by atoms with E-state index in [0.717, 1.165) is 18.5 Å². The number of carbonyl (C=O) groups excluding carboxylic acids is 1. The molecule has 1 atom stereocenters. The predicted octanol–water partition coefficient (Wildman–Crippen LogP) is 1.61. The molecular weight excluding hydrogens is 348 g/mol. The normalized spacial score (nSPS) is 16.6. The number of carbonyl (C=O) groups is 1. The fourth-order valence-electron chi connectivity index (χ4n) is 2.98. The lowest BCUT2D eigenvalue weighted by Crippen LogP contribution is -2.15. The highest BCUT2D eigenvalue weighted by Gasteiger charge is 2.19. The van der Waals surface area contributed by atoms with Gasteiger partial charge in [-0.3, -0.25) is 9.48 Å². The van der Waals surface area contributed by atoms with Gasteiger partial charge in [0, 0.05) is 25.8 Å². The van der Waals surface area contributed by atoms with E-state index < -0.39 is 5.91 Å². The Labute approximate surface area is 155 Å². The molecule has 1 amide bonds. The van der Waals surface area contributed by atoms with Crippen LogP contribution in [0, 0.1) is 5.92 Å². The van der Waals surface area contributed by atoms with Gasteiger partial charge in [-0.2, -0.15) is 0 Å². The lowest BCUT2D eigenvalue weighted by molar-refractivity contribution is 0.102. The van der Waals surface area contributed by atoms with E-state index in [4.69, 9.17) is 15.2 Å². The Balaban J connectivity index is 1.53. The number of aryl methyl sites for hydroxylation is 1. The molecule has 0 unspecified atom stereocenters. The van der Waals surface area contributed by atoms with E-state index in [1.54, 1.807) is 36.1 Å². The fraction of sp³-hybridized carbons (Fsp3) is 0.333. The number of ether oxygens (including phenoxy) is 2. The summed E-state index contributed by atoms with van der Waals surface area (Å²) in [6.07, 6.45) is 4.07. The van der Waals surface area contributed by atoms with Gasteiger partial charge >= 0.3 is 0 Å². The van der Waals surface area contributed by atoms with Gasteiger partial charge in [-0.05, 0) is 24.6 Å². The third-order valence-corrected chi connectivity index (χ3v) is 4.45. The number of hydrogen-bond donors (Lipinski definition) is 2. The van der Waals surface area contributed by atoms with E-state index in [9.17, 15) is 4.79 Å². The van der Waals surface area contributed by atoms with Crippen molar-refractivity contribution in [3.63, 3.8) is 0 Å². The van der Waals surface area contributed by atoms with E-state index in [2.05, 4.69) is 20.4 Å². The Hall–Kier alpha value is -3.20. The predicted molar refractivity (Wildman–Crippen MR) is 99.5 cm³/mol. The first-order valence-corrected chi connectivity index (χ1v) is 8.67. The van der Waals surface area contributed by atoms with Crippen LogP contribution in [0.15, 0.2) is 30.6 Å². The molecule has 9 heteroatoms. The fourth-order valence-corrected chi connectivity index (χ4v) is 2.98. The first-order chi connectivity index (χ1) is 13.1. The molecule has 9 nitrogen and oxygen atoms in total. The van der Waals surface area contributed by atoms with Crippen molar-refractivity contribution in [1.29, 1.82) is 0 Å². The first kappa shape index (κ1) is 17.2. The minimum absolute atomic E-state index is 0.172. The molecular formula is C18H20N6O3. The van der Waals surface area contributed by atoms with Crippen molar-refractivity contribution in [3.8, 4) is 5.88 Å². The Morgan fingerprint density at radius 1 is 1.48 bits per heavy atom. The van der Waals surface area contributed by atoms with Crippen LogP contribution in [-0.4, -0.2) is 45.5 Å². The van der Waals surface area contributed by atoms with Crippen LogP contribution in [0.5, 0.6) is 5.88 Å². The van der Waals surface area contributed by atoms with E-state index in [0.29, 0.717) is 41.9 Å². The summed E-state index contributed by atoms with van der Waals surface area (Å²) in [7, 11) is 1.80. The second-order valence-corrected chi connectivity index (χ2v) is 6.46. The van der Waals surface area contributed by atoms with Crippen molar-refractivity contribution in [1.82, 2.24) is 19.7 Å². The number of anilines is 2. The lowest BCUT2D eigenvalue weighted by Gasteiger charge is -2.08. The third-order valence-electron chi connectivity index (χ3n) is 4.45. The van der Waals surface area contributed by atoms with Crippen LogP contribution in [0.1, 0.15) is 16.9 Å². The van der Waals surface area contributed by atoms with Crippen LogP contribution >= 0.6 is 0 Å². The van der Waals surface area contributed by atoms with Crippen LogP contribution in [0.2, 0.25) is 0 Å². The molecule has 1 aliphatic rings. The van der Waals surface area contributed by atoms with Crippen LogP contribution < -0.4 is 15.8 Å². The zero-order valence-electron chi connectivity index (χ0n) is 14.9. The number of fused-ring (bicyclic) bond motifs is 1. The van der Waals surface area contributed by atoms with Gasteiger partial charge in [0.15, 0.2) is 11.2 Å². The van der Waals surface area contributed by atoms with Gasteiger partial charge in [0.1, 0.15) is 0 Å². The van der Waals surface area contributed by atoms with Gasteiger partial charge in [-0.25, -0.2) is 9.97 Å². The van der Waals surface area contributed by atoms with Crippen LogP contribution in [-0.2, 0) is 11.8 Å². The van der Waals surface area contributed by atoms with Crippen molar-refractivity contribution >= 4 is 28.3 Å². The van der Waals surface area contributed by atoms with Gasteiger partial charge in [0.05, 0.1) is 36.3 Å². The summed E-state index contributed by atoms with van der Waals surface area (Å²) in [5.74, 6) is 0.463. The number of nitrogen functional groups attached to an aromatic ring is 1. The summed E-state index contributed by atoms with van der Waals surface area (Å²) < 4.78 is 12.9. The second kappa shape index (κ2) is 7.20. The number of aromatic nitrogens is 4. The molecule has 27 heavy (non-hydrogen) atoms. The van der Waals surface area contributed by atoms with E-state index >= 15 is 0 Å². The number of nitrogens with one attached hydrogen (secondary N) is 1. The van der Waals surface area contributed by atoms with Gasteiger partial charge in [0.25, 0.3) is 11.8 Å². The first-order valence-electron chi connectivity index (χ1n) is 8.67. The number of hydrogen-bond acceptors (Lipinski definition) is 7. The second-order valence-electron chi connectivity index (χ2n) is 6.46. The zero-order chi connectivity index (χ0) is 18.8. The molecule has 140 valence electrons. The highest BCUT2D eigenvalue weighted by atomic mass is 16.5. The molecule has 0 spiro atoms. The SMILES string of the molecule is Cn1nc(OC[C@@H]2CCOC2)c2ncc(NC(=O)c3ncccc3N)cc21. The topological polar surface area (TPSA) is 117 Å². The van der Waals surface area contributed by atoms with E-state index in [1.165, 1.54) is 6.20 Å². The van der Waals surface area contributed by atoms with Crippen LogP contribution in [0.3, 0.4) is 0 Å². The number of nitrogens with zero attached hydrogens (tertiary/aromatic N) is 4. The molecule has 0 bridgehead atoms. The molecule has 1 aliphatic heterocycles. The van der Waals surface area contributed by atoms with Crippen LogP contribution in [0.4, 0.5) is 11.4 Å². The quantitative estimate of drug-likeness (QED) is 0.702. The minimum atomic E-state index is -0.394. The number of nitrogens with two attached hydrogens (primary N) is 1. The molecule has 0 radical (unpaired) electrons. The average molecular weight is 368 g/mol. The van der Waals surface area contributed by atoms with Gasteiger partial charge in [0.2, 0.25) is 0 Å². The van der Waals surface area contributed by atoms with Gasteiger partial charge < -0.3 is 20.5 Å². The maximum absolute atomic E-state index is 12.4. The van der Waals surface area contributed by atoms with Crippen molar-refractivity contribution in [2.24, 2.45) is 13.0 Å². The number of rotatable bonds is 5. The largest absolute Gasteiger partial charge is 0.475 e. The van der Waals surface area contributed by atoms with Crippen molar-refractivity contribution in [2.75, 3.05) is 30.9 Å². The lowest BCUT2D eigenvalue weighted by atomic mass is 10.1. The zero-order valence-corrected chi connectivity index (χ0v) is 14.9. The molecule has 3 aromatic rings. The van der Waals surface area contributed by atoms with Crippen molar-refractivity contribution in [3.05, 3.63) is 36.3 Å². The molecule has 4 rings (SSSR count). The maximum Gasteiger partial charge on any atom is 0.276 e. The Kier molecular flexibility index (Phi) is 4.59. The summed E-state index contributed by atoms with van der Waals surface area (Å²) in [5.41, 5.74) is 8.21. The number of amides is 1. The van der Waals surface area contributed by atoms with Gasteiger partial charge in [-0.1, -0.05) is 0 Å². The molecule has 3 aromatic heterocycles. The standard InChI is InChI=1S/C18H20N6O3/c1-24-14-7-12(22-17(25)15-13(19)3-2-5-20-15)8-21-16(14)18(23-24)27-10-11-4-6-26-9-11/h2-3,5,7-8,11H,4,6,9-10,19H2,1H3,(H,22,25)/t11-/m1/s1. The monoisotopic (exact) mass is 368 g/mol. The summed E-state index contributed by atoms with van der Waals surface area (Å²) >= 11 is 0. The number of pyridine rings is 2. The molecule has 0 aromatic carbocycles. The van der Waals surface area contributed by atoms with Crippen molar-refractivity contribution in [2.45, 2.75) is 6.42 Å². The summed E-state index contributed by atoms with van der Waals surface area (Å²) in [5, 5.41) is 7.15. The molecule has 0 saturated carbocycles. The summed E-state index contributed by atoms with van der Waals surface area (Å²) in [6, 6.07) is 5.09. The van der Waals surface area contributed by atoms with Crippen molar-refractivity contribution < 1.29 is 14.3 Å². The highest BCUT2D eigenvalue weighted by Crippen LogP contribution is 2.26.